The molecule has 1 atom stereocenters. The van der Waals surface area contributed by atoms with Crippen molar-refractivity contribution in [1.82, 2.24) is 0 Å². The minimum atomic E-state index is 0.0613. The zero-order valence-electron chi connectivity index (χ0n) is 9.09. The van der Waals surface area contributed by atoms with E-state index in [0.717, 1.165) is 12.8 Å². The highest BCUT2D eigenvalue weighted by molar-refractivity contribution is 4.54. The van der Waals surface area contributed by atoms with Crippen LogP contribution in [-0.2, 0) is 4.89 Å². The summed E-state index contributed by atoms with van der Waals surface area (Å²) in [6.07, 6.45) is 9.77. The summed E-state index contributed by atoms with van der Waals surface area (Å²) in [5, 5.41) is 8.47. The van der Waals surface area contributed by atoms with Crippen molar-refractivity contribution in [2.45, 2.75) is 71.3 Å². The largest absolute Gasteiger partial charge is 0.252 e. The highest BCUT2D eigenvalue weighted by Gasteiger charge is 2.04. The summed E-state index contributed by atoms with van der Waals surface area (Å²) < 4.78 is 0. The summed E-state index contributed by atoms with van der Waals surface area (Å²) in [6, 6.07) is 0. The summed E-state index contributed by atoms with van der Waals surface area (Å²) in [7, 11) is 0. The molecule has 2 heteroatoms. The lowest BCUT2D eigenvalue weighted by Gasteiger charge is -2.09. The van der Waals surface area contributed by atoms with Crippen LogP contribution >= 0.6 is 0 Å². The van der Waals surface area contributed by atoms with E-state index in [0.29, 0.717) is 0 Å². The van der Waals surface area contributed by atoms with E-state index in [-0.39, 0.29) is 6.10 Å². The molecule has 0 rings (SSSR count). The monoisotopic (exact) mass is 188 g/mol. The van der Waals surface area contributed by atoms with Crippen molar-refractivity contribution in [3.05, 3.63) is 0 Å². The Morgan fingerprint density at radius 1 is 1.00 bits per heavy atom. The van der Waals surface area contributed by atoms with Crippen molar-refractivity contribution in [2.24, 2.45) is 0 Å². The second-order valence-corrected chi connectivity index (χ2v) is 3.69. The van der Waals surface area contributed by atoms with Gasteiger partial charge < -0.3 is 0 Å². The summed E-state index contributed by atoms with van der Waals surface area (Å²) in [5.41, 5.74) is 0. The van der Waals surface area contributed by atoms with Crippen LogP contribution in [0.15, 0.2) is 0 Å². The topological polar surface area (TPSA) is 29.5 Å². The minimum absolute atomic E-state index is 0.0613. The van der Waals surface area contributed by atoms with Crippen molar-refractivity contribution in [1.29, 1.82) is 0 Å². The molecule has 13 heavy (non-hydrogen) atoms. The molecule has 1 unspecified atom stereocenters. The van der Waals surface area contributed by atoms with E-state index in [4.69, 9.17) is 5.26 Å². The zero-order valence-corrected chi connectivity index (χ0v) is 9.09. The Kier molecular flexibility index (Phi) is 9.94. The third-order valence-electron chi connectivity index (χ3n) is 2.48. The Bertz CT molecular complexity index is 90.1. The molecule has 0 saturated heterocycles. The van der Waals surface area contributed by atoms with Gasteiger partial charge in [0.05, 0.1) is 6.10 Å². The van der Waals surface area contributed by atoms with Gasteiger partial charge in [-0.2, -0.15) is 0 Å². The van der Waals surface area contributed by atoms with E-state index in [9.17, 15) is 0 Å². The molecule has 0 saturated carbocycles. The van der Waals surface area contributed by atoms with Crippen LogP contribution in [-0.4, -0.2) is 11.4 Å². The van der Waals surface area contributed by atoms with Gasteiger partial charge in [0, 0.05) is 0 Å². The average molecular weight is 188 g/mol. The SMILES string of the molecule is CCCCCCCCC(CC)OO. The van der Waals surface area contributed by atoms with E-state index in [2.05, 4.69) is 11.8 Å². The number of hydrogen-bond acceptors (Lipinski definition) is 2. The minimum Gasteiger partial charge on any atom is -0.252 e. The molecule has 0 aromatic carbocycles. The first kappa shape index (κ1) is 12.9. The summed E-state index contributed by atoms with van der Waals surface area (Å²) in [5.74, 6) is 0. The van der Waals surface area contributed by atoms with Crippen LogP contribution in [0.2, 0.25) is 0 Å². The van der Waals surface area contributed by atoms with E-state index < -0.39 is 0 Å². The second kappa shape index (κ2) is 10.0. The lowest BCUT2D eigenvalue weighted by atomic mass is 10.1. The Morgan fingerprint density at radius 2 is 1.62 bits per heavy atom. The molecule has 0 radical (unpaired) electrons. The van der Waals surface area contributed by atoms with Crippen molar-refractivity contribution in [2.75, 3.05) is 0 Å². The Morgan fingerprint density at radius 3 is 2.15 bits per heavy atom. The van der Waals surface area contributed by atoms with Gasteiger partial charge in [0.2, 0.25) is 0 Å². The maximum Gasteiger partial charge on any atom is 0.0924 e. The maximum atomic E-state index is 8.47. The van der Waals surface area contributed by atoms with Crippen LogP contribution in [0.3, 0.4) is 0 Å². The predicted octanol–water partition coefficient (Wildman–Crippen LogP) is 4.01. The molecule has 0 aliphatic rings. The first-order chi connectivity index (χ1) is 6.35. The van der Waals surface area contributed by atoms with Crippen LogP contribution in [0.5, 0.6) is 0 Å². The van der Waals surface area contributed by atoms with E-state index >= 15 is 0 Å². The quantitative estimate of drug-likeness (QED) is 0.336. The van der Waals surface area contributed by atoms with Gasteiger partial charge in [0.25, 0.3) is 0 Å². The average Bonchev–Trinajstić information content (AvgIpc) is 2.17. The fraction of sp³-hybridized carbons (Fsp3) is 1.00. The fourth-order valence-corrected chi connectivity index (χ4v) is 1.48. The molecule has 0 aromatic rings. The number of rotatable bonds is 9. The van der Waals surface area contributed by atoms with Crippen molar-refractivity contribution < 1.29 is 10.1 Å². The van der Waals surface area contributed by atoms with Crippen molar-refractivity contribution in [3.63, 3.8) is 0 Å². The molecule has 0 spiro atoms. The zero-order chi connectivity index (χ0) is 9.94. The van der Waals surface area contributed by atoms with Crippen LogP contribution in [0.1, 0.15) is 65.2 Å². The van der Waals surface area contributed by atoms with Crippen LogP contribution in [0.4, 0.5) is 0 Å². The first-order valence-electron chi connectivity index (χ1n) is 5.65. The molecule has 0 aromatic heterocycles. The van der Waals surface area contributed by atoms with Crippen LogP contribution in [0, 0.1) is 0 Å². The molecule has 0 bridgehead atoms. The summed E-state index contributed by atoms with van der Waals surface area (Å²) in [4.78, 5) is 4.33. The predicted molar refractivity (Wildman–Crippen MR) is 55.8 cm³/mol. The van der Waals surface area contributed by atoms with Gasteiger partial charge in [-0.1, -0.05) is 52.4 Å². The van der Waals surface area contributed by atoms with Gasteiger partial charge in [-0.05, 0) is 12.8 Å². The van der Waals surface area contributed by atoms with Crippen molar-refractivity contribution in [3.8, 4) is 0 Å². The third-order valence-corrected chi connectivity index (χ3v) is 2.48. The number of hydrogen-bond donors (Lipinski definition) is 1. The Balaban J connectivity index is 3.05. The van der Waals surface area contributed by atoms with Crippen molar-refractivity contribution >= 4 is 0 Å². The normalized spacial score (nSPS) is 13.2. The first-order valence-corrected chi connectivity index (χ1v) is 5.65. The standard InChI is InChI=1S/C11H24O2/c1-3-5-6-7-8-9-10-11(4-2)13-12/h11-12H,3-10H2,1-2H3. The molecule has 0 amide bonds. The second-order valence-electron chi connectivity index (χ2n) is 3.69. The van der Waals surface area contributed by atoms with Gasteiger partial charge in [0.1, 0.15) is 0 Å². The van der Waals surface area contributed by atoms with Crippen LogP contribution in [0.25, 0.3) is 0 Å². The summed E-state index contributed by atoms with van der Waals surface area (Å²) >= 11 is 0. The molecule has 0 heterocycles. The lowest BCUT2D eigenvalue weighted by Crippen LogP contribution is -2.08. The molecule has 0 aliphatic carbocycles. The molecule has 80 valence electrons. The van der Waals surface area contributed by atoms with E-state index in [1.165, 1.54) is 38.5 Å². The van der Waals surface area contributed by atoms with Gasteiger partial charge in [-0.25, -0.2) is 4.89 Å². The Hall–Kier alpha value is -0.0800. The molecular weight excluding hydrogens is 164 g/mol. The van der Waals surface area contributed by atoms with Gasteiger partial charge in [-0.3, -0.25) is 5.26 Å². The molecule has 2 nitrogen and oxygen atoms in total. The molecular formula is C11H24O2. The molecule has 0 aliphatic heterocycles. The van der Waals surface area contributed by atoms with Crippen LogP contribution < -0.4 is 0 Å². The molecule has 0 fully saturated rings. The maximum absolute atomic E-state index is 8.47. The lowest BCUT2D eigenvalue weighted by molar-refractivity contribution is -0.280. The van der Waals surface area contributed by atoms with E-state index in [1.54, 1.807) is 0 Å². The fourth-order valence-electron chi connectivity index (χ4n) is 1.48. The van der Waals surface area contributed by atoms with Gasteiger partial charge in [0.15, 0.2) is 0 Å². The number of unbranched alkanes of at least 4 members (excludes halogenated alkanes) is 5. The summed E-state index contributed by atoms with van der Waals surface area (Å²) in [6.45, 7) is 4.27. The van der Waals surface area contributed by atoms with E-state index in [1.807, 2.05) is 6.92 Å². The Labute approximate surface area is 82.2 Å². The van der Waals surface area contributed by atoms with Gasteiger partial charge >= 0.3 is 0 Å². The molecule has 1 N–H and O–H groups in total. The van der Waals surface area contributed by atoms with Gasteiger partial charge in [-0.15, -0.1) is 0 Å². The third kappa shape index (κ3) is 8.26. The highest BCUT2D eigenvalue weighted by atomic mass is 17.1. The smallest absolute Gasteiger partial charge is 0.0924 e. The highest BCUT2D eigenvalue weighted by Crippen LogP contribution is 2.11.